The Balaban J connectivity index is 2.29. The molecular formula is C9H8N2OS. The molecule has 1 unspecified atom stereocenters. The molecule has 0 aromatic carbocycles. The third-order valence-electron chi connectivity index (χ3n) is 1.69. The van der Waals surface area contributed by atoms with Gasteiger partial charge in [-0.15, -0.1) is 11.3 Å². The molecule has 0 aliphatic carbocycles. The van der Waals surface area contributed by atoms with Crippen LogP contribution < -0.4 is 0 Å². The topological polar surface area (TPSA) is 46.0 Å². The minimum absolute atomic E-state index is 0.645. The highest BCUT2D eigenvalue weighted by atomic mass is 32.1. The zero-order chi connectivity index (χ0) is 9.10. The average molecular weight is 192 g/mol. The Hall–Kier alpha value is -1.26. The Kier molecular flexibility index (Phi) is 2.33. The van der Waals surface area contributed by atoms with Crippen molar-refractivity contribution in [2.45, 2.75) is 6.10 Å². The standard InChI is InChI=1S/C9H8N2OS/c12-8(9-11-4-5-13-9)7-2-1-3-10-6-7/h1-6,8,12H. The molecule has 3 nitrogen and oxygen atoms in total. The van der Waals surface area contributed by atoms with Crippen molar-refractivity contribution in [3.8, 4) is 0 Å². The number of aliphatic hydroxyl groups excluding tert-OH is 1. The fourth-order valence-electron chi connectivity index (χ4n) is 1.05. The molecule has 0 spiro atoms. The Morgan fingerprint density at radius 1 is 1.38 bits per heavy atom. The monoisotopic (exact) mass is 192 g/mol. The molecule has 0 radical (unpaired) electrons. The van der Waals surface area contributed by atoms with Crippen molar-refractivity contribution in [3.63, 3.8) is 0 Å². The van der Waals surface area contributed by atoms with Crippen LogP contribution in [0, 0.1) is 0 Å². The average Bonchev–Trinajstić information content (AvgIpc) is 2.71. The van der Waals surface area contributed by atoms with E-state index < -0.39 is 6.10 Å². The third kappa shape index (κ3) is 1.74. The van der Waals surface area contributed by atoms with Crippen LogP contribution in [0.1, 0.15) is 16.7 Å². The number of nitrogens with zero attached hydrogens (tertiary/aromatic N) is 2. The van der Waals surface area contributed by atoms with Gasteiger partial charge in [0, 0.05) is 29.5 Å². The highest BCUT2D eigenvalue weighted by Crippen LogP contribution is 2.22. The van der Waals surface area contributed by atoms with Crippen molar-refractivity contribution in [2.24, 2.45) is 0 Å². The van der Waals surface area contributed by atoms with Gasteiger partial charge < -0.3 is 5.11 Å². The van der Waals surface area contributed by atoms with Gasteiger partial charge in [-0.05, 0) is 6.07 Å². The predicted molar refractivity (Wildman–Crippen MR) is 50.4 cm³/mol. The van der Waals surface area contributed by atoms with Crippen LogP contribution >= 0.6 is 11.3 Å². The molecule has 0 bridgehead atoms. The fourth-order valence-corrected chi connectivity index (χ4v) is 1.70. The summed E-state index contributed by atoms with van der Waals surface area (Å²) in [4.78, 5) is 7.97. The molecule has 0 saturated heterocycles. The van der Waals surface area contributed by atoms with Gasteiger partial charge in [0.05, 0.1) is 0 Å². The van der Waals surface area contributed by atoms with Gasteiger partial charge in [0.15, 0.2) is 0 Å². The van der Waals surface area contributed by atoms with Gasteiger partial charge in [-0.3, -0.25) is 4.98 Å². The van der Waals surface area contributed by atoms with Gasteiger partial charge in [0.1, 0.15) is 11.1 Å². The lowest BCUT2D eigenvalue weighted by Crippen LogP contribution is -1.98. The second-order valence-electron chi connectivity index (χ2n) is 2.56. The number of aromatic nitrogens is 2. The normalized spacial score (nSPS) is 12.7. The first kappa shape index (κ1) is 8.34. The summed E-state index contributed by atoms with van der Waals surface area (Å²) in [7, 11) is 0. The molecule has 2 rings (SSSR count). The van der Waals surface area contributed by atoms with E-state index in [9.17, 15) is 5.11 Å². The zero-order valence-corrected chi connectivity index (χ0v) is 7.61. The molecule has 2 aromatic rings. The number of thiazole rings is 1. The number of hydrogen-bond donors (Lipinski definition) is 1. The number of hydrogen-bond acceptors (Lipinski definition) is 4. The van der Waals surface area contributed by atoms with E-state index in [0.29, 0.717) is 5.01 Å². The van der Waals surface area contributed by atoms with Crippen molar-refractivity contribution in [1.29, 1.82) is 0 Å². The minimum atomic E-state index is -0.645. The molecule has 0 aliphatic heterocycles. The summed E-state index contributed by atoms with van der Waals surface area (Å²) >= 11 is 1.44. The largest absolute Gasteiger partial charge is 0.381 e. The SMILES string of the molecule is OC(c1cccnc1)c1nccs1. The van der Waals surface area contributed by atoms with Crippen molar-refractivity contribution in [2.75, 3.05) is 0 Å². The molecule has 66 valence electrons. The summed E-state index contributed by atoms with van der Waals surface area (Å²) in [6.07, 6.45) is 4.36. The van der Waals surface area contributed by atoms with Crippen LogP contribution in [0.5, 0.6) is 0 Å². The quantitative estimate of drug-likeness (QED) is 0.786. The summed E-state index contributed by atoms with van der Waals surface area (Å²) in [5.41, 5.74) is 0.775. The summed E-state index contributed by atoms with van der Waals surface area (Å²) in [5.74, 6) is 0. The lowest BCUT2D eigenvalue weighted by molar-refractivity contribution is 0.219. The lowest BCUT2D eigenvalue weighted by atomic mass is 10.2. The van der Waals surface area contributed by atoms with E-state index in [0.717, 1.165) is 5.56 Å². The number of pyridine rings is 1. The molecule has 2 heterocycles. The van der Waals surface area contributed by atoms with Crippen LogP contribution in [0.4, 0.5) is 0 Å². The van der Waals surface area contributed by atoms with Gasteiger partial charge in [-0.25, -0.2) is 4.98 Å². The van der Waals surface area contributed by atoms with Crippen LogP contribution in [0.2, 0.25) is 0 Å². The Morgan fingerprint density at radius 2 is 2.31 bits per heavy atom. The van der Waals surface area contributed by atoms with Crippen LogP contribution in [0.3, 0.4) is 0 Å². The van der Waals surface area contributed by atoms with Gasteiger partial charge in [0.25, 0.3) is 0 Å². The van der Waals surface area contributed by atoms with E-state index in [2.05, 4.69) is 9.97 Å². The molecule has 2 aromatic heterocycles. The van der Waals surface area contributed by atoms with Gasteiger partial charge in [-0.2, -0.15) is 0 Å². The maximum atomic E-state index is 9.79. The molecule has 1 atom stereocenters. The van der Waals surface area contributed by atoms with E-state index in [4.69, 9.17) is 0 Å². The third-order valence-corrected chi connectivity index (χ3v) is 2.51. The van der Waals surface area contributed by atoms with Gasteiger partial charge in [-0.1, -0.05) is 6.07 Å². The summed E-state index contributed by atoms with van der Waals surface area (Å²) in [6.45, 7) is 0. The molecule has 1 N–H and O–H groups in total. The fraction of sp³-hybridized carbons (Fsp3) is 0.111. The van der Waals surface area contributed by atoms with Crippen LogP contribution in [0.15, 0.2) is 36.1 Å². The highest BCUT2D eigenvalue weighted by Gasteiger charge is 2.11. The molecule has 0 saturated carbocycles. The van der Waals surface area contributed by atoms with Crippen molar-refractivity contribution in [3.05, 3.63) is 46.7 Å². The molecule has 4 heteroatoms. The minimum Gasteiger partial charge on any atom is -0.381 e. The van der Waals surface area contributed by atoms with E-state index >= 15 is 0 Å². The molecule has 13 heavy (non-hydrogen) atoms. The summed E-state index contributed by atoms with van der Waals surface area (Å²) in [6, 6.07) is 3.63. The Bertz CT molecular complexity index is 360. The molecule has 0 fully saturated rings. The van der Waals surface area contributed by atoms with Gasteiger partial charge in [0.2, 0.25) is 0 Å². The molecule has 0 amide bonds. The van der Waals surface area contributed by atoms with E-state index in [1.165, 1.54) is 11.3 Å². The van der Waals surface area contributed by atoms with Crippen molar-refractivity contribution < 1.29 is 5.11 Å². The second kappa shape index (κ2) is 3.64. The first-order valence-electron chi connectivity index (χ1n) is 3.85. The first-order valence-corrected chi connectivity index (χ1v) is 4.73. The zero-order valence-electron chi connectivity index (χ0n) is 6.79. The second-order valence-corrected chi connectivity index (χ2v) is 3.49. The summed E-state index contributed by atoms with van der Waals surface area (Å²) in [5, 5.41) is 12.3. The maximum absolute atomic E-state index is 9.79. The maximum Gasteiger partial charge on any atom is 0.132 e. The van der Waals surface area contributed by atoms with Crippen molar-refractivity contribution in [1.82, 2.24) is 9.97 Å². The number of rotatable bonds is 2. The van der Waals surface area contributed by atoms with E-state index in [1.807, 2.05) is 11.4 Å². The van der Waals surface area contributed by atoms with Crippen LogP contribution in [-0.4, -0.2) is 15.1 Å². The predicted octanol–water partition coefficient (Wildman–Crippen LogP) is 1.62. The lowest BCUT2D eigenvalue weighted by Gasteiger charge is -2.05. The smallest absolute Gasteiger partial charge is 0.132 e. The highest BCUT2D eigenvalue weighted by molar-refractivity contribution is 7.09. The molecular weight excluding hydrogens is 184 g/mol. The first-order chi connectivity index (χ1) is 6.38. The van der Waals surface area contributed by atoms with E-state index in [-0.39, 0.29) is 0 Å². The van der Waals surface area contributed by atoms with Crippen molar-refractivity contribution >= 4 is 11.3 Å². The Labute approximate surface area is 79.7 Å². The summed E-state index contributed by atoms with van der Waals surface area (Å²) < 4.78 is 0. The van der Waals surface area contributed by atoms with Crippen LogP contribution in [-0.2, 0) is 0 Å². The van der Waals surface area contributed by atoms with E-state index in [1.54, 1.807) is 24.7 Å². The van der Waals surface area contributed by atoms with Gasteiger partial charge >= 0.3 is 0 Å². The van der Waals surface area contributed by atoms with Crippen LogP contribution in [0.25, 0.3) is 0 Å². The molecule has 0 aliphatic rings. The Morgan fingerprint density at radius 3 is 2.92 bits per heavy atom. The number of aliphatic hydroxyl groups is 1.